The fourth-order valence-electron chi connectivity index (χ4n) is 2.98. The Labute approximate surface area is 117 Å². The van der Waals surface area contributed by atoms with Gasteiger partial charge in [0.05, 0.1) is 0 Å². The van der Waals surface area contributed by atoms with Gasteiger partial charge in [0.2, 0.25) is 0 Å². The number of hydrogen-bond donors (Lipinski definition) is 1. The van der Waals surface area contributed by atoms with Gasteiger partial charge in [-0.1, -0.05) is 6.07 Å². The van der Waals surface area contributed by atoms with Crippen molar-refractivity contribution in [2.45, 2.75) is 47.1 Å². The highest BCUT2D eigenvalue weighted by Crippen LogP contribution is 2.45. The van der Waals surface area contributed by atoms with Crippen molar-refractivity contribution in [3.05, 3.63) is 33.9 Å². The molecule has 0 unspecified atom stereocenters. The van der Waals surface area contributed by atoms with E-state index in [0.29, 0.717) is 6.61 Å². The summed E-state index contributed by atoms with van der Waals surface area (Å²) in [4.78, 5) is 2.37. The van der Waals surface area contributed by atoms with Crippen molar-refractivity contribution in [1.29, 1.82) is 0 Å². The monoisotopic (exact) mass is 261 g/mol. The molecule has 1 N–H and O–H groups in total. The highest BCUT2D eigenvalue weighted by Gasteiger charge is 2.42. The molecule has 1 saturated carbocycles. The third-order valence-corrected chi connectivity index (χ3v) is 4.85. The fraction of sp³-hybridized carbons (Fsp3) is 0.647. The number of aliphatic hydroxyl groups is 1. The maximum Gasteiger partial charge on any atom is 0.0499 e. The summed E-state index contributed by atoms with van der Waals surface area (Å²) in [6, 6.07) is 2.28. The van der Waals surface area contributed by atoms with Gasteiger partial charge in [0.25, 0.3) is 0 Å². The number of benzene rings is 1. The van der Waals surface area contributed by atoms with Crippen LogP contribution in [0.5, 0.6) is 0 Å². The van der Waals surface area contributed by atoms with Crippen LogP contribution in [-0.2, 0) is 6.54 Å². The smallest absolute Gasteiger partial charge is 0.0499 e. The number of aliphatic hydroxyl groups excluding tert-OH is 1. The van der Waals surface area contributed by atoms with E-state index in [0.717, 1.165) is 13.1 Å². The van der Waals surface area contributed by atoms with Crippen molar-refractivity contribution < 1.29 is 5.11 Å². The van der Waals surface area contributed by atoms with Crippen LogP contribution in [0.1, 0.15) is 40.7 Å². The van der Waals surface area contributed by atoms with Crippen LogP contribution in [0.2, 0.25) is 0 Å². The highest BCUT2D eigenvalue weighted by molar-refractivity contribution is 5.43. The number of hydrogen-bond acceptors (Lipinski definition) is 2. The molecule has 1 aliphatic carbocycles. The Hall–Kier alpha value is -0.860. The minimum atomic E-state index is 0.204. The van der Waals surface area contributed by atoms with E-state index in [9.17, 15) is 5.11 Å². The Morgan fingerprint density at radius 3 is 2.05 bits per heavy atom. The van der Waals surface area contributed by atoms with Gasteiger partial charge in [-0.05, 0) is 75.4 Å². The van der Waals surface area contributed by atoms with E-state index in [1.807, 2.05) is 0 Å². The Kier molecular flexibility index (Phi) is 4.03. The second kappa shape index (κ2) is 5.26. The van der Waals surface area contributed by atoms with Crippen LogP contribution in [0.4, 0.5) is 0 Å². The van der Waals surface area contributed by atoms with Crippen LogP contribution >= 0.6 is 0 Å². The van der Waals surface area contributed by atoms with Crippen molar-refractivity contribution in [3.8, 4) is 0 Å². The van der Waals surface area contributed by atoms with Crippen LogP contribution in [0.25, 0.3) is 0 Å². The largest absolute Gasteiger partial charge is 0.396 e. The predicted octanol–water partition coefficient (Wildman–Crippen LogP) is 3.12. The summed E-state index contributed by atoms with van der Waals surface area (Å²) in [6.07, 6.45) is 2.36. The van der Waals surface area contributed by atoms with Gasteiger partial charge in [-0.2, -0.15) is 0 Å². The molecule has 0 aliphatic heterocycles. The average molecular weight is 261 g/mol. The molecule has 0 atom stereocenters. The van der Waals surface area contributed by atoms with E-state index < -0.39 is 0 Å². The first-order chi connectivity index (χ1) is 8.88. The molecule has 0 aromatic heterocycles. The summed E-state index contributed by atoms with van der Waals surface area (Å²) in [6.45, 7) is 11.2. The van der Waals surface area contributed by atoms with Crippen LogP contribution in [0, 0.1) is 33.1 Å². The minimum absolute atomic E-state index is 0.204. The zero-order valence-electron chi connectivity index (χ0n) is 13.0. The molecule has 2 nitrogen and oxygen atoms in total. The van der Waals surface area contributed by atoms with Crippen molar-refractivity contribution in [2.75, 3.05) is 20.2 Å². The maximum absolute atomic E-state index is 9.44. The van der Waals surface area contributed by atoms with Crippen LogP contribution in [0.15, 0.2) is 6.07 Å². The second-order valence-electron chi connectivity index (χ2n) is 6.57. The second-order valence-corrected chi connectivity index (χ2v) is 6.57. The molecule has 1 aliphatic rings. The van der Waals surface area contributed by atoms with E-state index >= 15 is 0 Å². The Balaban J connectivity index is 2.14. The summed E-state index contributed by atoms with van der Waals surface area (Å²) in [5.74, 6) is 0. The quantitative estimate of drug-likeness (QED) is 0.880. The normalized spacial score (nSPS) is 17.0. The lowest BCUT2D eigenvalue weighted by molar-refractivity contribution is 0.161. The standard InChI is InChI=1S/C17H27NO/c1-12-8-13(2)15(4)16(14(12)3)9-18(5)10-17(11-19)6-7-17/h8,19H,6-7,9-11H2,1-5H3. The third kappa shape index (κ3) is 3.01. The molecular weight excluding hydrogens is 234 g/mol. The molecule has 0 saturated heterocycles. The first-order valence-electron chi connectivity index (χ1n) is 7.24. The van der Waals surface area contributed by atoms with E-state index in [1.165, 1.54) is 40.7 Å². The molecule has 1 fully saturated rings. The lowest BCUT2D eigenvalue weighted by Crippen LogP contribution is -2.29. The van der Waals surface area contributed by atoms with Gasteiger partial charge in [0, 0.05) is 25.1 Å². The molecule has 0 heterocycles. The van der Waals surface area contributed by atoms with Crippen LogP contribution in [-0.4, -0.2) is 30.2 Å². The van der Waals surface area contributed by atoms with Gasteiger partial charge >= 0.3 is 0 Å². The van der Waals surface area contributed by atoms with Crippen molar-refractivity contribution in [3.63, 3.8) is 0 Å². The third-order valence-electron chi connectivity index (χ3n) is 4.85. The molecule has 0 spiro atoms. The molecule has 0 radical (unpaired) electrons. The van der Waals surface area contributed by atoms with Crippen molar-refractivity contribution >= 4 is 0 Å². The van der Waals surface area contributed by atoms with Gasteiger partial charge in [0.1, 0.15) is 0 Å². The zero-order valence-corrected chi connectivity index (χ0v) is 13.0. The molecule has 106 valence electrons. The molecule has 1 aromatic rings. The summed E-state index contributed by atoms with van der Waals surface area (Å²) >= 11 is 0. The van der Waals surface area contributed by atoms with Crippen LogP contribution in [0.3, 0.4) is 0 Å². The fourth-order valence-corrected chi connectivity index (χ4v) is 2.98. The van der Waals surface area contributed by atoms with Gasteiger partial charge in [-0.3, -0.25) is 0 Å². The van der Waals surface area contributed by atoms with Gasteiger partial charge in [0.15, 0.2) is 0 Å². The summed E-state index contributed by atoms with van der Waals surface area (Å²) in [5.41, 5.74) is 7.28. The van der Waals surface area contributed by atoms with E-state index in [1.54, 1.807) is 0 Å². The lowest BCUT2D eigenvalue weighted by Gasteiger charge is -2.25. The Morgan fingerprint density at radius 1 is 1.11 bits per heavy atom. The zero-order chi connectivity index (χ0) is 14.2. The van der Waals surface area contributed by atoms with E-state index in [4.69, 9.17) is 0 Å². The molecule has 0 amide bonds. The SMILES string of the molecule is Cc1cc(C)c(C)c(CN(C)CC2(CO)CC2)c1C. The molecule has 19 heavy (non-hydrogen) atoms. The van der Waals surface area contributed by atoms with E-state index in [-0.39, 0.29) is 5.41 Å². The number of rotatable bonds is 5. The average Bonchev–Trinajstić information content (AvgIpc) is 3.12. The van der Waals surface area contributed by atoms with Crippen LogP contribution < -0.4 is 0 Å². The Bertz CT molecular complexity index is 448. The van der Waals surface area contributed by atoms with Gasteiger partial charge in [-0.15, -0.1) is 0 Å². The molecule has 1 aromatic carbocycles. The van der Waals surface area contributed by atoms with E-state index in [2.05, 4.69) is 45.7 Å². The Morgan fingerprint density at radius 2 is 1.63 bits per heavy atom. The summed E-state index contributed by atoms with van der Waals surface area (Å²) in [5, 5.41) is 9.44. The predicted molar refractivity (Wildman–Crippen MR) is 80.5 cm³/mol. The van der Waals surface area contributed by atoms with Gasteiger partial charge < -0.3 is 10.0 Å². The summed E-state index contributed by atoms with van der Waals surface area (Å²) < 4.78 is 0. The summed E-state index contributed by atoms with van der Waals surface area (Å²) in [7, 11) is 2.17. The first kappa shape index (κ1) is 14.5. The highest BCUT2D eigenvalue weighted by atomic mass is 16.3. The van der Waals surface area contributed by atoms with Crippen molar-refractivity contribution in [1.82, 2.24) is 4.90 Å². The topological polar surface area (TPSA) is 23.5 Å². The first-order valence-corrected chi connectivity index (χ1v) is 7.24. The maximum atomic E-state index is 9.44. The number of aryl methyl sites for hydroxylation is 2. The van der Waals surface area contributed by atoms with Gasteiger partial charge in [-0.25, -0.2) is 0 Å². The lowest BCUT2D eigenvalue weighted by atomic mass is 9.93. The molecule has 2 rings (SSSR count). The van der Waals surface area contributed by atoms with Crippen molar-refractivity contribution in [2.24, 2.45) is 5.41 Å². The number of nitrogens with zero attached hydrogens (tertiary/aromatic N) is 1. The minimum Gasteiger partial charge on any atom is -0.396 e. The molecule has 2 heteroatoms. The molecular formula is C17H27NO. The molecule has 0 bridgehead atoms.